The fourth-order valence-electron chi connectivity index (χ4n) is 2.32. The van der Waals surface area contributed by atoms with Gasteiger partial charge in [-0.2, -0.15) is 0 Å². The zero-order chi connectivity index (χ0) is 13.2. The van der Waals surface area contributed by atoms with E-state index in [-0.39, 0.29) is 12.0 Å². The topological polar surface area (TPSA) is 45.4 Å². The first-order valence-electron chi connectivity index (χ1n) is 6.92. The van der Waals surface area contributed by atoms with E-state index in [1.54, 1.807) is 0 Å². The number of rotatable bonds is 7. The molecule has 2 N–H and O–H groups in total. The molecule has 0 amide bonds. The standard InChI is InChI=1S/C15H25NO2/c1-11-8-13(11)14-5-4-12(18-14)9-16-10-15(2,3)6-7-17/h4-5,11,13,16-17H,6-10H2,1-3H3. The molecule has 1 fully saturated rings. The molecule has 0 aromatic carbocycles. The molecule has 1 aromatic rings. The molecular weight excluding hydrogens is 226 g/mol. The van der Waals surface area contributed by atoms with Gasteiger partial charge in [0.2, 0.25) is 0 Å². The lowest BCUT2D eigenvalue weighted by atomic mass is 9.90. The van der Waals surface area contributed by atoms with Gasteiger partial charge in [0.1, 0.15) is 11.5 Å². The van der Waals surface area contributed by atoms with Crippen molar-refractivity contribution in [3.8, 4) is 0 Å². The molecule has 18 heavy (non-hydrogen) atoms. The Morgan fingerprint density at radius 3 is 2.78 bits per heavy atom. The fraction of sp³-hybridized carbons (Fsp3) is 0.733. The van der Waals surface area contributed by atoms with Crippen molar-refractivity contribution in [2.75, 3.05) is 13.2 Å². The van der Waals surface area contributed by atoms with Gasteiger partial charge in [-0.05, 0) is 36.3 Å². The lowest BCUT2D eigenvalue weighted by molar-refractivity contribution is 0.206. The number of aliphatic hydroxyl groups is 1. The molecule has 2 rings (SSSR count). The zero-order valence-corrected chi connectivity index (χ0v) is 11.7. The molecule has 1 aromatic heterocycles. The van der Waals surface area contributed by atoms with E-state index in [4.69, 9.17) is 9.52 Å². The first-order chi connectivity index (χ1) is 8.52. The molecule has 3 heteroatoms. The average Bonchev–Trinajstić information content (AvgIpc) is 2.84. The Balaban J connectivity index is 1.75. The fourth-order valence-corrected chi connectivity index (χ4v) is 2.32. The van der Waals surface area contributed by atoms with Gasteiger partial charge in [-0.25, -0.2) is 0 Å². The summed E-state index contributed by atoms with van der Waals surface area (Å²) in [7, 11) is 0. The van der Waals surface area contributed by atoms with Gasteiger partial charge in [-0.1, -0.05) is 20.8 Å². The van der Waals surface area contributed by atoms with Crippen LogP contribution in [0.2, 0.25) is 0 Å². The summed E-state index contributed by atoms with van der Waals surface area (Å²) in [4.78, 5) is 0. The van der Waals surface area contributed by atoms with Gasteiger partial charge in [0.05, 0.1) is 6.54 Å². The van der Waals surface area contributed by atoms with E-state index in [9.17, 15) is 0 Å². The highest BCUT2D eigenvalue weighted by atomic mass is 16.3. The van der Waals surface area contributed by atoms with Crippen LogP contribution in [0.1, 0.15) is 51.1 Å². The van der Waals surface area contributed by atoms with Crippen molar-refractivity contribution in [1.29, 1.82) is 0 Å². The third kappa shape index (κ3) is 3.59. The van der Waals surface area contributed by atoms with Crippen LogP contribution in [-0.4, -0.2) is 18.3 Å². The molecule has 3 nitrogen and oxygen atoms in total. The quantitative estimate of drug-likeness (QED) is 0.783. The highest BCUT2D eigenvalue weighted by molar-refractivity contribution is 5.17. The van der Waals surface area contributed by atoms with E-state index < -0.39 is 0 Å². The van der Waals surface area contributed by atoms with Crippen molar-refractivity contribution < 1.29 is 9.52 Å². The molecule has 102 valence electrons. The predicted octanol–water partition coefficient (Wildman–Crippen LogP) is 2.90. The molecule has 2 atom stereocenters. The van der Waals surface area contributed by atoms with Crippen LogP contribution in [0.5, 0.6) is 0 Å². The second-order valence-electron chi connectivity index (χ2n) is 6.36. The monoisotopic (exact) mass is 251 g/mol. The second kappa shape index (κ2) is 5.45. The second-order valence-corrected chi connectivity index (χ2v) is 6.36. The van der Waals surface area contributed by atoms with E-state index >= 15 is 0 Å². The summed E-state index contributed by atoms with van der Waals surface area (Å²) in [5, 5.41) is 12.4. The highest BCUT2D eigenvalue weighted by Crippen LogP contribution is 2.47. The van der Waals surface area contributed by atoms with Crippen molar-refractivity contribution >= 4 is 0 Å². The Labute approximate surface area is 110 Å². The molecule has 2 unspecified atom stereocenters. The summed E-state index contributed by atoms with van der Waals surface area (Å²) in [5.74, 6) is 3.61. The molecule has 1 aliphatic rings. The van der Waals surface area contributed by atoms with Gasteiger partial charge in [-0.3, -0.25) is 0 Å². The molecule has 0 radical (unpaired) electrons. The number of aliphatic hydroxyl groups excluding tert-OH is 1. The van der Waals surface area contributed by atoms with E-state index in [0.717, 1.165) is 36.9 Å². The molecule has 1 heterocycles. The Morgan fingerprint density at radius 1 is 1.44 bits per heavy atom. The zero-order valence-electron chi connectivity index (χ0n) is 11.7. The molecule has 1 saturated carbocycles. The molecule has 0 spiro atoms. The predicted molar refractivity (Wildman–Crippen MR) is 72.4 cm³/mol. The minimum absolute atomic E-state index is 0.134. The van der Waals surface area contributed by atoms with Crippen molar-refractivity contribution in [1.82, 2.24) is 5.32 Å². The first-order valence-corrected chi connectivity index (χ1v) is 6.92. The number of hydrogen-bond acceptors (Lipinski definition) is 3. The maximum atomic E-state index is 8.97. The molecule has 0 aliphatic heterocycles. The van der Waals surface area contributed by atoms with Crippen molar-refractivity contribution in [2.45, 2.75) is 46.1 Å². The van der Waals surface area contributed by atoms with Crippen molar-refractivity contribution in [2.24, 2.45) is 11.3 Å². The van der Waals surface area contributed by atoms with Gasteiger partial charge < -0.3 is 14.8 Å². The van der Waals surface area contributed by atoms with Gasteiger partial charge in [0.25, 0.3) is 0 Å². The van der Waals surface area contributed by atoms with Crippen LogP contribution >= 0.6 is 0 Å². The van der Waals surface area contributed by atoms with Crippen LogP contribution in [0.15, 0.2) is 16.5 Å². The Hall–Kier alpha value is -0.800. The molecular formula is C15H25NO2. The average molecular weight is 251 g/mol. The van der Waals surface area contributed by atoms with Crippen LogP contribution in [0, 0.1) is 11.3 Å². The lowest BCUT2D eigenvalue weighted by Gasteiger charge is -2.23. The first kappa shape index (κ1) is 13.6. The third-order valence-electron chi connectivity index (χ3n) is 3.85. The smallest absolute Gasteiger partial charge is 0.117 e. The van der Waals surface area contributed by atoms with Crippen LogP contribution in [0.3, 0.4) is 0 Å². The SMILES string of the molecule is CC1CC1c1ccc(CNCC(C)(C)CCO)o1. The highest BCUT2D eigenvalue weighted by Gasteiger charge is 2.36. The van der Waals surface area contributed by atoms with Gasteiger partial charge in [-0.15, -0.1) is 0 Å². The third-order valence-corrected chi connectivity index (χ3v) is 3.85. The van der Waals surface area contributed by atoms with Gasteiger partial charge >= 0.3 is 0 Å². The Bertz CT molecular complexity index is 384. The minimum Gasteiger partial charge on any atom is -0.464 e. The van der Waals surface area contributed by atoms with Crippen LogP contribution in [-0.2, 0) is 6.54 Å². The van der Waals surface area contributed by atoms with Crippen LogP contribution in [0.4, 0.5) is 0 Å². The Morgan fingerprint density at radius 2 is 2.17 bits per heavy atom. The summed E-state index contributed by atoms with van der Waals surface area (Å²) in [5.41, 5.74) is 0.134. The normalized spacial score (nSPS) is 23.3. The Kier molecular flexibility index (Phi) is 4.13. The van der Waals surface area contributed by atoms with E-state index in [1.165, 1.54) is 6.42 Å². The largest absolute Gasteiger partial charge is 0.464 e. The van der Waals surface area contributed by atoms with E-state index in [1.807, 2.05) is 0 Å². The van der Waals surface area contributed by atoms with Gasteiger partial charge in [0, 0.05) is 19.1 Å². The summed E-state index contributed by atoms with van der Waals surface area (Å²) >= 11 is 0. The number of nitrogens with one attached hydrogen (secondary N) is 1. The van der Waals surface area contributed by atoms with Crippen molar-refractivity contribution in [3.05, 3.63) is 23.7 Å². The van der Waals surface area contributed by atoms with Crippen molar-refractivity contribution in [3.63, 3.8) is 0 Å². The lowest BCUT2D eigenvalue weighted by Crippen LogP contribution is -2.29. The van der Waals surface area contributed by atoms with Crippen LogP contribution in [0.25, 0.3) is 0 Å². The van der Waals surface area contributed by atoms with E-state index in [2.05, 4.69) is 38.2 Å². The molecule has 0 bridgehead atoms. The molecule has 1 aliphatic carbocycles. The summed E-state index contributed by atoms with van der Waals surface area (Å²) in [6, 6.07) is 4.19. The maximum Gasteiger partial charge on any atom is 0.117 e. The minimum atomic E-state index is 0.134. The number of hydrogen-bond donors (Lipinski definition) is 2. The van der Waals surface area contributed by atoms with Crippen LogP contribution < -0.4 is 5.32 Å². The summed E-state index contributed by atoms with van der Waals surface area (Å²) < 4.78 is 5.84. The van der Waals surface area contributed by atoms with E-state index in [0.29, 0.717) is 5.92 Å². The van der Waals surface area contributed by atoms with Gasteiger partial charge in [0.15, 0.2) is 0 Å². The summed E-state index contributed by atoms with van der Waals surface area (Å²) in [6.07, 6.45) is 2.09. The summed E-state index contributed by atoms with van der Waals surface area (Å²) in [6.45, 7) is 8.51. The molecule has 0 saturated heterocycles. The number of furan rings is 1. The maximum absolute atomic E-state index is 8.97.